The van der Waals surface area contributed by atoms with Crippen LogP contribution in [0.1, 0.15) is 6.92 Å². The summed E-state index contributed by atoms with van der Waals surface area (Å²) in [5.74, 6) is 0. The van der Waals surface area contributed by atoms with Crippen molar-refractivity contribution in [3.8, 4) is 0 Å². The summed E-state index contributed by atoms with van der Waals surface area (Å²) in [7, 11) is 0.102. The van der Waals surface area contributed by atoms with E-state index in [1.165, 1.54) is 9.20 Å². The minimum Gasteiger partial charge on any atom is -0.338 e. The maximum Gasteiger partial charge on any atom is 0.261 e. The molecule has 2 aromatic carbocycles. The molecule has 2 aromatic rings. The van der Waals surface area contributed by atoms with Gasteiger partial charge in [0.1, 0.15) is 6.79 Å². The summed E-state index contributed by atoms with van der Waals surface area (Å²) in [5, 5.41) is 0. The molecule has 9 nitrogen and oxygen atoms in total. The lowest BCUT2D eigenvalue weighted by atomic mass is 10.2. The maximum absolute atomic E-state index is 12.6. The molecule has 1 unspecified atom stereocenters. The second-order valence-corrected chi connectivity index (χ2v) is 12.3. The SMILES string of the molecule is C=O.CC(CN1c2ccccc2Sc2ccc(S(=O)(=O)N(C)C)cc21)N(C)C.CS(=O)(=O)O. The van der Waals surface area contributed by atoms with Gasteiger partial charge in [0.15, 0.2) is 0 Å². The van der Waals surface area contributed by atoms with E-state index >= 15 is 0 Å². The lowest BCUT2D eigenvalue weighted by Gasteiger charge is -2.36. The molecule has 0 bridgehead atoms. The highest BCUT2D eigenvalue weighted by Crippen LogP contribution is 2.48. The van der Waals surface area contributed by atoms with Crippen LogP contribution in [0.25, 0.3) is 0 Å². The highest BCUT2D eigenvalue weighted by atomic mass is 32.2. The Labute approximate surface area is 201 Å². The van der Waals surface area contributed by atoms with E-state index in [1.54, 1.807) is 38.0 Å². The number of nitrogens with zero attached hydrogens (tertiary/aromatic N) is 3. The molecule has 0 spiro atoms. The molecule has 1 heterocycles. The largest absolute Gasteiger partial charge is 0.338 e. The Hall–Kier alpha value is -1.96. The zero-order chi connectivity index (χ0) is 25.6. The van der Waals surface area contributed by atoms with Crippen LogP contribution in [0.5, 0.6) is 0 Å². The van der Waals surface area contributed by atoms with Crippen molar-refractivity contribution in [1.82, 2.24) is 9.21 Å². The number of carbonyl (C=O) groups is 1. The van der Waals surface area contributed by atoms with Gasteiger partial charge < -0.3 is 14.6 Å². The van der Waals surface area contributed by atoms with Crippen molar-refractivity contribution in [2.45, 2.75) is 27.7 Å². The normalized spacial score (nSPS) is 13.8. The van der Waals surface area contributed by atoms with E-state index in [1.807, 2.05) is 25.0 Å². The quantitative estimate of drug-likeness (QED) is 0.598. The number of anilines is 2. The van der Waals surface area contributed by atoms with Crippen LogP contribution >= 0.6 is 11.8 Å². The van der Waals surface area contributed by atoms with Crippen LogP contribution in [0.15, 0.2) is 57.2 Å². The van der Waals surface area contributed by atoms with E-state index in [9.17, 15) is 16.8 Å². The fraction of sp³-hybridized carbons (Fsp3) is 0.381. The third-order valence-corrected chi connectivity index (χ3v) is 7.65. The number of sulfonamides is 1. The predicted molar refractivity (Wildman–Crippen MR) is 133 cm³/mol. The smallest absolute Gasteiger partial charge is 0.261 e. The van der Waals surface area contributed by atoms with Crippen molar-refractivity contribution < 1.29 is 26.2 Å². The number of rotatable bonds is 5. The van der Waals surface area contributed by atoms with E-state index in [4.69, 9.17) is 9.35 Å². The van der Waals surface area contributed by atoms with Gasteiger partial charge >= 0.3 is 0 Å². The second-order valence-electron chi connectivity index (χ2n) is 7.64. The van der Waals surface area contributed by atoms with Gasteiger partial charge in [0, 0.05) is 36.5 Å². The summed E-state index contributed by atoms with van der Waals surface area (Å²) in [6.07, 6.45) is 0.715. The van der Waals surface area contributed by atoms with E-state index in [-0.39, 0.29) is 0 Å². The Kier molecular flexibility index (Phi) is 10.5. The summed E-state index contributed by atoms with van der Waals surface area (Å²) in [6.45, 7) is 4.95. The lowest BCUT2D eigenvalue weighted by molar-refractivity contribution is -0.0980. The summed E-state index contributed by atoms with van der Waals surface area (Å²) in [4.78, 5) is 15.0. The molecule has 0 saturated carbocycles. The summed E-state index contributed by atoms with van der Waals surface area (Å²) < 4.78 is 52.3. The Morgan fingerprint density at radius 1 is 0.970 bits per heavy atom. The number of likely N-dealkylation sites (N-methyl/N-ethyl adjacent to an activating group) is 1. The molecule has 0 fully saturated rings. The zero-order valence-electron chi connectivity index (χ0n) is 19.6. The van der Waals surface area contributed by atoms with Gasteiger partial charge in [0.05, 0.1) is 22.5 Å². The van der Waals surface area contributed by atoms with Crippen LogP contribution in [0.3, 0.4) is 0 Å². The van der Waals surface area contributed by atoms with Crippen LogP contribution in [-0.4, -0.2) is 84.4 Å². The van der Waals surface area contributed by atoms with E-state index in [2.05, 4.69) is 43.0 Å². The van der Waals surface area contributed by atoms with Crippen LogP contribution in [0.2, 0.25) is 0 Å². The first-order valence-electron chi connectivity index (χ1n) is 9.70. The molecule has 0 radical (unpaired) electrons. The van der Waals surface area contributed by atoms with Gasteiger partial charge in [0.25, 0.3) is 10.1 Å². The number of fused-ring (bicyclic) bond motifs is 2. The topological polar surface area (TPSA) is 115 Å². The van der Waals surface area contributed by atoms with Gasteiger partial charge in [-0.25, -0.2) is 12.7 Å². The van der Waals surface area contributed by atoms with Crippen molar-refractivity contribution in [2.24, 2.45) is 0 Å². The Morgan fingerprint density at radius 2 is 1.48 bits per heavy atom. The number of hydrogen-bond donors (Lipinski definition) is 1. The molecule has 12 heteroatoms. The van der Waals surface area contributed by atoms with Gasteiger partial charge in [-0.3, -0.25) is 4.55 Å². The van der Waals surface area contributed by atoms with Crippen molar-refractivity contribution in [1.29, 1.82) is 0 Å². The Morgan fingerprint density at radius 3 is 2.00 bits per heavy atom. The number of para-hydroxylation sites is 1. The molecular weight excluding hydrogens is 486 g/mol. The van der Waals surface area contributed by atoms with Gasteiger partial charge in [0.2, 0.25) is 10.0 Å². The van der Waals surface area contributed by atoms with Gasteiger partial charge in [-0.15, -0.1) is 0 Å². The minimum absolute atomic E-state index is 0.313. The first kappa shape index (κ1) is 29.1. The molecule has 3 rings (SSSR count). The molecular formula is C21H31N3O6S3. The molecule has 184 valence electrons. The standard InChI is InChI=1S/C19H25N3O2S2.CH4O3S.CH2O/c1-14(20(2)3)13-22-16-8-6-7-9-18(16)25-19-11-10-15(12-17(19)22)26(23,24)21(4)5;1-5(2,3)4;1-2/h6-12,14H,13H2,1-5H3;1H3,(H,2,3,4);1H2. The van der Waals surface area contributed by atoms with Crippen LogP contribution in [0, 0.1) is 0 Å². The highest BCUT2D eigenvalue weighted by Gasteiger charge is 2.27. The second kappa shape index (κ2) is 12.0. The first-order valence-corrected chi connectivity index (χ1v) is 13.8. The van der Waals surface area contributed by atoms with Gasteiger partial charge in [-0.05, 0) is 51.4 Å². The van der Waals surface area contributed by atoms with Crippen LogP contribution < -0.4 is 4.90 Å². The van der Waals surface area contributed by atoms with Gasteiger partial charge in [-0.2, -0.15) is 8.42 Å². The summed E-state index contributed by atoms with van der Waals surface area (Å²) in [5.41, 5.74) is 2.07. The molecule has 1 aliphatic heterocycles. The third-order valence-electron chi connectivity index (χ3n) is 4.70. The third kappa shape index (κ3) is 8.09. The van der Waals surface area contributed by atoms with Gasteiger partial charge in [-0.1, -0.05) is 23.9 Å². The van der Waals surface area contributed by atoms with E-state index in [0.29, 0.717) is 17.2 Å². The molecule has 0 saturated heterocycles. The highest BCUT2D eigenvalue weighted by molar-refractivity contribution is 7.99. The van der Waals surface area contributed by atoms with Crippen molar-refractivity contribution in [2.75, 3.05) is 45.9 Å². The predicted octanol–water partition coefficient (Wildman–Crippen LogP) is 2.81. The monoisotopic (exact) mass is 517 g/mol. The number of hydrogen-bond acceptors (Lipinski definition) is 8. The molecule has 1 aliphatic rings. The molecule has 1 atom stereocenters. The Balaban J connectivity index is 0.000000689. The van der Waals surface area contributed by atoms with E-state index in [0.717, 1.165) is 22.8 Å². The molecule has 1 N–H and O–H groups in total. The summed E-state index contributed by atoms with van der Waals surface area (Å²) >= 11 is 1.69. The van der Waals surface area contributed by atoms with Crippen molar-refractivity contribution in [3.05, 3.63) is 42.5 Å². The summed E-state index contributed by atoms with van der Waals surface area (Å²) in [6, 6.07) is 14.0. The minimum atomic E-state index is -3.67. The lowest BCUT2D eigenvalue weighted by Crippen LogP contribution is -2.37. The average Bonchev–Trinajstić information content (AvgIpc) is 2.73. The van der Waals surface area contributed by atoms with Crippen LogP contribution in [-0.2, 0) is 24.9 Å². The fourth-order valence-corrected chi connectivity index (χ4v) is 4.80. The molecule has 0 aromatic heterocycles. The average molecular weight is 518 g/mol. The molecule has 0 aliphatic carbocycles. The maximum atomic E-state index is 12.6. The Bertz CT molecular complexity index is 1140. The van der Waals surface area contributed by atoms with E-state index < -0.39 is 20.1 Å². The molecule has 0 amide bonds. The molecule has 33 heavy (non-hydrogen) atoms. The van der Waals surface area contributed by atoms with Crippen LogP contribution in [0.4, 0.5) is 11.4 Å². The number of benzene rings is 2. The zero-order valence-corrected chi connectivity index (χ0v) is 22.0. The van der Waals surface area contributed by atoms with Crippen molar-refractivity contribution in [3.63, 3.8) is 0 Å². The van der Waals surface area contributed by atoms with Crippen molar-refractivity contribution >= 4 is 50.1 Å². The first-order chi connectivity index (χ1) is 15.2. The number of carbonyl (C=O) groups excluding carboxylic acids is 1. The fourth-order valence-electron chi connectivity index (χ4n) is 2.80.